The van der Waals surface area contributed by atoms with Crippen LogP contribution in [-0.4, -0.2) is 7.11 Å². The fraction of sp³-hybridized carbons (Fsp3) is 0.333. The van der Waals surface area contributed by atoms with Crippen molar-refractivity contribution in [1.29, 1.82) is 0 Å². The molecule has 17 heavy (non-hydrogen) atoms. The molecule has 0 unspecified atom stereocenters. The monoisotopic (exact) mass is 322 g/mol. The highest BCUT2D eigenvalue weighted by molar-refractivity contribution is 9.10. The van der Waals surface area contributed by atoms with E-state index in [1.165, 1.54) is 0 Å². The van der Waals surface area contributed by atoms with Gasteiger partial charge in [0.15, 0.2) is 0 Å². The van der Waals surface area contributed by atoms with Gasteiger partial charge < -0.3 is 4.74 Å². The number of hydrogen-bond donors (Lipinski definition) is 0. The number of benzene rings is 1. The van der Waals surface area contributed by atoms with Gasteiger partial charge in [0.05, 0.1) is 22.7 Å². The van der Waals surface area contributed by atoms with Gasteiger partial charge in [-0.1, -0.05) is 0 Å². The van der Waals surface area contributed by atoms with Crippen LogP contribution in [0, 0.1) is 0 Å². The minimum atomic E-state index is -5.13. The third-order valence-corrected chi connectivity index (χ3v) is 2.70. The molecular formula is C9H5BrF6O. The lowest BCUT2D eigenvalue weighted by molar-refractivity contribution is -0.162. The zero-order valence-electron chi connectivity index (χ0n) is 8.21. The van der Waals surface area contributed by atoms with Crippen molar-refractivity contribution in [3.8, 4) is 5.75 Å². The Hall–Kier alpha value is -0.920. The first kappa shape index (κ1) is 14.1. The lowest BCUT2D eigenvalue weighted by atomic mass is 10.1. The summed E-state index contributed by atoms with van der Waals surface area (Å²) in [6.45, 7) is 0. The molecule has 1 nitrogen and oxygen atoms in total. The second kappa shape index (κ2) is 4.40. The molecule has 0 spiro atoms. The normalized spacial score (nSPS) is 12.7. The van der Waals surface area contributed by atoms with Crippen molar-refractivity contribution in [2.75, 3.05) is 7.11 Å². The molecule has 0 aromatic heterocycles. The number of alkyl halides is 6. The van der Waals surface area contributed by atoms with E-state index in [1.54, 1.807) is 0 Å². The largest absolute Gasteiger partial charge is 0.496 e. The van der Waals surface area contributed by atoms with Gasteiger partial charge >= 0.3 is 12.4 Å². The third-order valence-electron chi connectivity index (χ3n) is 1.92. The van der Waals surface area contributed by atoms with Gasteiger partial charge in [0.2, 0.25) is 0 Å². The highest BCUT2D eigenvalue weighted by Gasteiger charge is 2.45. The van der Waals surface area contributed by atoms with E-state index in [4.69, 9.17) is 0 Å². The van der Waals surface area contributed by atoms with E-state index in [-0.39, 0.29) is 5.75 Å². The molecule has 1 rings (SSSR count). The van der Waals surface area contributed by atoms with Crippen molar-refractivity contribution < 1.29 is 31.1 Å². The van der Waals surface area contributed by atoms with Gasteiger partial charge in [0.1, 0.15) is 5.75 Å². The predicted octanol–water partition coefficient (Wildman–Crippen LogP) is 4.50. The average Bonchev–Trinajstić information content (AvgIpc) is 2.13. The van der Waals surface area contributed by atoms with Crippen LogP contribution >= 0.6 is 15.9 Å². The molecule has 0 aliphatic carbocycles. The molecule has 0 aliphatic rings. The molecule has 0 radical (unpaired) electrons. The van der Waals surface area contributed by atoms with Crippen LogP contribution in [0.4, 0.5) is 26.3 Å². The Morgan fingerprint density at radius 3 is 1.88 bits per heavy atom. The molecular weight excluding hydrogens is 318 g/mol. The van der Waals surface area contributed by atoms with Crippen molar-refractivity contribution in [1.82, 2.24) is 0 Å². The molecule has 96 valence electrons. The minimum Gasteiger partial charge on any atom is -0.496 e. The number of halogens is 7. The molecule has 0 atom stereocenters. The van der Waals surface area contributed by atoms with Gasteiger partial charge in [-0.3, -0.25) is 0 Å². The first-order chi connectivity index (χ1) is 7.59. The van der Waals surface area contributed by atoms with Crippen LogP contribution in [-0.2, 0) is 12.4 Å². The summed E-state index contributed by atoms with van der Waals surface area (Å²) >= 11 is 2.48. The second-order valence-corrected chi connectivity index (χ2v) is 3.79. The molecule has 8 heteroatoms. The molecule has 0 saturated carbocycles. The maximum Gasteiger partial charge on any atom is 0.418 e. The molecule has 0 aliphatic heterocycles. The average molecular weight is 323 g/mol. The van der Waals surface area contributed by atoms with E-state index < -0.39 is 28.0 Å². The van der Waals surface area contributed by atoms with Gasteiger partial charge in [-0.15, -0.1) is 0 Å². The van der Waals surface area contributed by atoms with Crippen molar-refractivity contribution in [3.05, 3.63) is 27.7 Å². The lowest BCUT2D eigenvalue weighted by Gasteiger charge is -2.18. The summed E-state index contributed by atoms with van der Waals surface area (Å²) in [5.41, 5.74) is -3.54. The fourth-order valence-electron chi connectivity index (χ4n) is 1.23. The Morgan fingerprint density at radius 2 is 1.53 bits per heavy atom. The maximum atomic E-state index is 12.6. The van der Waals surface area contributed by atoms with E-state index in [0.717, 1.165) is 13.2 Å². The van der Waals surface area contributed by atoms with Crippen LogP contribution in [0.5, 0.6) is 5.75 Å². The summed E-state index contributed by atoms with van der Waals surface area (Å²) in [4.78, 5) is 0. The topological polar surface area (TPSA) is 9.23 Å². The Bertz CT molecular complexity index is 423. The summed E-state index contributed by atoms with van der Waals surface area (Å²) in [5.74, 6) is -0.315. The van der Waals surface area contributed by atoms with E-state index in [2.05, 4.69) is 20.7 Å². The standard InChI is InChI=1S/C9H5BrF6O/c1-17-5-3-2-4(8(11,12)13)6(7(5)10)9(14,15)16/h2-3H,1H3. The van der Waals surface area contributed by atoms with Gasteiger partial charge in [-0.2, -0.15) is 26.3 Å². The van der Waals surface area contributed by atoms with Crippen LogP contribution in [0.2, 0.25) is 0 Å². The second-order valence-electron chi connectivity index (χ2n) is 3.00. The van der Waals surface area contributed by atoms with E-state index in [9.17, 15) is 26.3 Å². The van der Waals surface area contributed by atoms with Crippen LogP contribution < -0.4 is 4.74 Å². The molecule has 0 saturated heterocycles. The molecule has 0 bridgehead atoms. The zero-order valence-corrected chi connectivity index (χ0v) is 9.79. The molecule has 0 fully saturated rings. The van der Waals surface area contributed by atoms with Crippen LogP contribution in [0.15, 0.2) is 16.6 Å². The summed E-state index contributed by atoms with van der Waals surface area (Å²) < 4.78 is 78.8. The SMILES string of the molecule is COc1ccc(C(F)(F)F)c(C(F)(F)F)c1Br. The molecule has 0 heterocycles. The zero-order chi connectivity index (χ0) is 13.4. The van der Waals surface area contributed by atoms with Crippen molar-refractivity contribution in [2.45, 2.75) is 12.4 Å². The van der Waals surface area contributed by atoms with Crippen LogP contribution in [0.3, 0.4) is 0 Å². The Kier molecular flexibility index (Phi) is 3.66. The summed E-state index contributed by atoms with van der Waals surface area (Å²) in [6.07, 6.45) is -10.2. The van der Waals surface area contributed by atoms with E-state index >= 15 is 0 Å². The molecule has 0 amide bonds. The Labute approximate surface area is 101 Å². The molecule has 1 aromatic rings. The van der Waals surface area contributed by atoms with E-state index in [1.807, 2.05) is 0 Å². The number of methoxy groups -OCH3 is 1. The first-order valence-corrected chi connectivity index (χ1v) is 4.89. The van der Waals surface area contributed by atoms with Crippen LogP contribution in [0.25, 0.3) is 0 Å². The minimum absolute atomic E-state index is 0.315. The third kappa shape index (κ3) is 2.85. The highest BCUT2D eigenvalue weighted by Crippen LogP contribution is 2.46. The number of rotatable bonds is 1. The number of ether oxygens (including phenoxy) is 1. The van der Waals surface area contributed by atoms with Gasteiger partial charge in [-0.05, 0) is 28.1 Å². The van der Waals surface area contributed by atoms with Gasteiger partial charge in [-0.25, -0.2) is 0 Å². The maximum absolute atomic E-state index is 12.6. The Morgan fingerprint density at radius 1 is 1.00 bits per heavy atom. The fourth-order valence-corrected chi connectivity index (χ4v) is 1.96. The Balaban J connectivity index is 3.59. The summed E-state index contributed by atoms with van der Waals surface area (Å²) in [6, 6.07) is 1.16. The van der Waals surface area contributed by atoms with Crippen molar-refractivity contribution >= 4 is 15.9 Å². The number of hydrogen-bond acceptors (Lipinski definition) is 1. The van der Waals surface area contributed by atoms with E-state index in [0.29, 0.717) is 6.07 Å². The summed E-state index contributed by atoms with van der Waals surface area (Å²) in [5, 5.41) is 0. The quantitative estimate of drug-likeness (QED) is 0.692. The molecule has 0 N–H and O–H groups in total. The van der Waals surface area contributed by atoms with Crippen molar-refractivity contribution in [3.63, 3.8) is 0 Å². The van der Waals surface area contributed by atoms with Gasteiger partial charge in [0, 0.05) is 0 Å². The summed E-state index contributed by atoms with van der Waals surface area (Å²) in [7, 11) is 1.06. The van der Waals surface area contributed by atoms with Crippen LogP contribution in [0.1, 0.15) is 11.1 Å². The predicted molar refractivity (Wildman–Crippen MR) is 50.7 cm³/mol. The first-order valence-electron chi connectivity index (χ1n) is 4.10. The van der Waals surface area contributed by atoms with Crippen molar-refractivity contribution in [2.24, 2.45) is 0 Å². The smallest absolute Gasteiger partial charge is 0.418 e. The lowest BCUT2D eigenvalue weighted by Crippen LogP contribution is -2.17. The van der Waals surface area contributed by atoms with Gasteiger partial charge in [0.25, 0.3) is 0 Å². The highest BCUT2D eigenvalue weighted by atomic mass is 79.9. The molecule has 1 aromatic carbocycles.